The molecule has 2 aromatic rings. The lowest BCUT2D eigenvalue weighted by Gasteiger charge is -2.28. The fourth-order valence-corrected chi connectivity index (χ4v) is 5.47. The van der Waals surface area contributed by atoms with E-state index in [9.17, 15) is 31.2 Å². The summed E-state index contributed by atoms with van der Waals surface area (Å²) in [7, 11) is -0.937. The molecule has 1 heterocycles. The van der Waals surface area contributed by atoms with Crippen molar-refractivity contribution < 1.29 is 31.2 Å². The Morgan fingerprint density at radius 1 is 1.11 bits per heavy atom. The number of piperidine rings is 1. The molecule has 7 nitrogen and oxygen atoms in total. The van der Waals surface area contributed by atoms with Gasteiger partial charge in [0, 0.05) is 26.2 Å². The number of rotatable bonds is 6. The van der Waals surface area contributed by atoms with Crippen LogP contribution in [0.1, 0.15) is 40.9 Å². The third-order valence-corrected chi connectivity index (χ3v) is 8.45. The number of hydrogen-bond donors (Lipinski definition) is 1. The number of nitrogens with zero attached hydrogens (tertiary/aromatic N) is 2. The Bertz CT molecular complexity index is 1250. The van der Waals surface area contributed by atoms with Crippen molar-refractivity contribution in [3.8, 4) is 0 Å². The molecule has 0 aromatic heterocycles. The molecule has 2 amide bonds. The van der Waals surface area contributed by atoms with Crippen LogP contribution in [0.2, 0.25) is 0 Å². The second kappa shape index (κ2) is 8.94. The van der Waals surface area contributed by atoms with Crippen molar-refractivity contribution >= 4 is 21.8 Å². The van der Waals surface area contributed by atoms with Crippen LogP contribution in [-0.4, -0.2) is 56.1 Å². The first kappa shape index (κ1) is 25.2. The fourth-order valence-electron chi connectivity index (χ4n) is 4.52. The number of benzene rings is 2. The van der Waals surface area contributed by atoms with Gasteiger partial charge in [-0.3, -0.25) is 9.59 Å². The first-order chi connectivity index (χ1) is 16.3. The molecule has 1 N–H and O–H groups in total. The number of hydrogen-bond acceptors (Lipinski definition) is 4. The van der Waals surface area contributed by atoms with Crippen LogP contribution in [0, 0.1) is 11.8 Å². The molecule has 1 aliphatic carbocycles. The molecular weight excluding hydrogens is 483 g/mol. The normalized spacial score (nSPS) is 22.6. The van der Waals surface area contributed by atoms with Crippen molar-refractivity contribution in [3.63, 3.8) is 0 Å². The molecule has 1 aliphatic heterocycles. The van der Waals surface area contributed by atoms with E-state index < -0.39 is 39.8 Å². The zero-order valence-corrected chi connectivity index (χ0v) is 20.2. The van der Waals surface area contributed by atoms with Crippen molar-refractivity contribution in [1.29, 1.82) is 0 Å². The lowest BCUT2D eigenvalue weighted by Crippen LogP contribution is -2.48. The predicted molar refractivity (Wildman–Crippen MR) is 122 cm³/mol. The summed E-state index contributed by atoms with van der Waals surface area (Å²) in [5.41, 5.74) is -0.0920. The average Bonchev–Trinajstić information content (AvgIpc) is 3.46. The first-order valence-electron chi connectivity index (χ1n) is 11.1. The number of nitrogens with one attached hydrogen (secondary N) is 1. The number of likely N-dealkylation sites (tertiary alicyclic amines) is 1. The summed E-state index contributed by atoms with van der Waals surface area (Å²) in [6, 6.07) is 9.01. The van der Waals surface area contributed by atoms with Crippen LogP contribution in [0.15, 0.2) is 53.4 Å². The number of alkyl halides is 3. The lowest BCUT2D eigenvalue weighted by atomic mass is 10.0. The van der Waals surface area contributed by atoms with Crippen molar-refractivity contribution in [2.75, 3.05) is 20.6 Å². The second-order valence-corrected chi connectivity index (χ2v) is 11.4. The monoisotopic (exact) mass is 509 g/mol. The molecule has 0 radical (unpaired) electrons. The molecule has 0 spiro atoms. The van der Waals surface area contributed by atoms with E-state index in [2.05, 4.69) is 5.32 Å². The molecule has 1 saturated heterocycles. The molecule has 1 unspecified atom stereocenters. The molecule has 4 rings (SSSR count). The fraction of sp³-hybridized carbons (Fsp3) is 0.417. The van der Waals surface area contributed by atoms with E-state index in [1.165, 1.54) is 55.4 Å². The maximum atomic E-state index is 13.3. The third-order valence-electron chi connectivity index (χ3n) is 6.64. The van der Waals surface area contributed by atoms with Crippen LogP contribution in [0.5, 0.6) is 0 Å². The Balaban J connectivity index is 1.50. The van der Waals surface area contributed by atoms with Crippen molar-refractivity contribution in [2.24, 2.45) is 11.8 Å². The zero-order chi connectivity index (χ0) is 25.7. The van der Waals surface area contributed by atoms with Gasteiger partial charge in [0.25, 0.3) is 5.91 Å². The van der Waals surface area contributed by atoms with Crippen LogP contribution in [0.25, 0.3) is 0 Å². The molecule has 4 atom stereocenters. The van der Waals surface area contributed by atoms with E-state index in [1.807, 2.05) is 0 Å². The molecule has 2 fully saturated rings. The van der Waals surface area contributed by atoms with Gasteiger partial charge in [-0.1, -0.05) is 18.2 Å². The Hall–Kier alpha value is -2.92. The maximum Gasteiger partial charge on any atom is 0.416 e. The van der Waals surface area contributed by atoms with Crippen molar-refractivity contribution in [1.82, 2.24) is 14.5 Å². The van der Waals surface area contributed by atoms with E-state index in [-0.39, 0.29) is 28.2 Å². The highest BCUT2D eigenvalue weighted by molar-refractivity contribution is 7.89. The van der Waals surface area contributed by atoms with Crippen LogP contribution >= 0.6 is 0 Å². The Labute approximate surface area is 202 Å². The van der Waals surface area contributed by atoms with Gasteiger partial charge in [-0.15, -0.1) is 0 Å². The first-order valence-corrected chi connectivity index (χ1v) is 12.6. The van der Waals surface area contributed by atoms with Gasteiger partial charge in [0.15, 0.2) is 0 Å². The largest absolute Gasteiger partial charge is 0.416 e. The van der Waals surface area contributed by atoms with Gasteiger partial charge in [-0.2, -0.15) is 13.2 Å². The molecule has 0 bridgehead atoms. The quantitative estimate of drug-likeness (QED) is 0.648. The Morgan fingerprint density at radius 2 is 1.77 bits per heavy atom. The molecule has 1 saturated carbocycles. The minimum absolute atomic E-state index is 0.00689. The van der Waals surface area contributed by atoms with Gasteiger partial charge >= 0.3 is 6.18 Å². The molecule has 2 aromatic carbocycles. The van der Waals surface area contributed by atoms with Crippen LogP contribution < -0.4 is 5.32 Å². The minimum atomic E-state index is -4.44. The van der Waals surface area contributed by atoms with Crippen LogP contribution in [-0.2, 0) is 21.0 Å². The summed E-state index contributed by atoms with van der Waals surface area (Å²) in [5.74, 6) is -0.611. The number of carbonyl (C=O) groups excluding carboxylic acids is 2. The number of halogens is 3. The number of carbonyl (C=O) groups is 2. The third kappa shape index (κ3) is 4.92. The van der Waals surface area contributed by atoms with Gasteiger partial charge in [0.1, 0.15) is 6.04 Å². The second-order valence-electron chi connectivity index (χ2n) is 9.23. The maximum absolute atomic E-state index is 13.3. The highest BCUT2D eigenvalue weighted by atomic mass is 32.2. The molecule has 35 heavy (non-hydrogen) atoms. The minimum Gasteiger partial charge on any atom is -0.348 e. The molecule has 188 valence electrons. The summed E-state index contributed by atoms with van der Waals surface area (Å²) < 4.78 is 64.5. The average molecular weight is 510 g/mol. The summed E-state index contributed by atoms with van der Waals surface area (Å²) in [6.45, 7) is 2.06. The highest BCUT2D eigenvalue weighted by Crippen LogP contribution is 2.50. The highest BCUT2D eigenvalue weighted by Gasteiger charge is 2.57. The lowest BCUT2D eigenvalue weighted by molar-refractivity contribution is -0.137. The SMILES string of the molecule is CC(NC(=O)[C@H]1[C@@H]2C[C@@H]2CN1C(=O)c1cccc(S(=O)(=O)N(C)C)c1)c1ccc(C(F)(F)F)cc1. The van der Waals surface area contributed by atoms with E-state index >= 15 is 0 Å². The van der Waals surface area contributed by atoms with E-state index in [1.54, 1.807) is 6.92 Å². The smallest absolute Gasteiger partial charge is 0.348 e. The standard InChI is InChI=1S/C24H26F3N3O4S/c1-14(15-7-9-18(10-8-15)24(25,26)27)28-22(31)21-20-12-17(20)13-30(21)23(32)16-5-4-6-19(11-16)35(33,34)29(2)3/h4-11,14,17,20-21H,12-13H2,1-3H3,(H,28,31)/t14?,17-,20-,21-/m1/s1. The number of amides is 2. The van der Waals surface area contributed by atoms with E-state index in [0.29, 0.717) is 12.1 Å². The predicted octanol–water partition coefficient (Wildman–Crippen LogP) is 3.29. The van der Waals surface area contributed by atoms with Crippen molar-refractivity contribution in [2.45, 2.75) is 36.5 Å². The molecular formula is C24H26F3N3O4S. The van der Waals surface area contributed by atoms with Crippen LogP contribution in [0.4, 0.5) is 13.2 Å². The summed E-state index contributed by atoms with van der Waals surface area (Å²) in [6.07, 6.45) is -3.63. The van der Waals surface area contributed by atoms with E-state index in [4.69, 9.17) is 0 Å². The van der Waals surface area contributed by atoms with Crippen LogP contribution in [0.3, 0.4) is 0 Å². The topological polar surface area (TPSA) is 86.8 Å². The van der Waals surface area contributed by atoms with Gasteiger partial charge in [0.05, 0.1) is 16.5 Å². The van der Waals surface area contributed by atoms with Gasteiger partial charge in [0.2, 0.25) is 15.9 Å². The Morgan fingerprint density at radius 3 is 2.37 bits per heavy atom. The molecule has 11 heteroatoms. The van der Waals surface area contributed by atoms with Crippen molar-refractivity contribution in [3.05, 3.63) is 65.2 Å². The van der Waals surface area contributed by atoms with Gasteiger partial charge in [-0.25, -0.2) is 12.7 Å². The van der Waals surface area contributed by atoms with Gasteiger partial charge < -0.3 is 10.2 Å². The summed E-state index contributed by atoms with van der Waals surface area (Å²) >= 11 is 0. The zero-order valence-electron chi connectivity index (χ0n) is 19.4. The van der Waals surface area contributed by atoms with Gasteiger partial charge in [-0.05, 0) is 61.1 Å². The number of fused-ring (bicyclic) bond motifs is 1. The summed E-state index contributed by atoms with van der Waals surface area (Å²) in [4.78, 5) is 27.9. The molecule has 2 aliphatic rings. The number of sulfonamides is 1. The Kier molecular flexibility index (Phi) is 6.43. The van der Waals surface area contributed by atoms with E-state index in [0.717, 1.165) is 22.9 Å². The summed E-state index contributed by atoms with van der Waals surface area (Å²) in [5, 5.41) is 2.82.